The molecule has 4 aromatic rings. The third-order valence-electron chi connectivity index (χ3n) is 4.76. The summed E-state index contributed by atoms with van der Waals surface area (Å²) in [6.07, 6.45) is 2.04. The second-order valence-corrected chi connectivity index (χ2v) is 7.07. The standard InChI is InChI=1S/C23H20ClN3O3/c1-29-17-10-11-18(20(13-17)30-2)25-22(28)14-19-23(15-6-8-16(24)9-7-15)26-21-5-3-4-12-27(19)21/h3-13H,14H2,1-2H3,(H,25,28). The van der Waals surface area contributed by atoms with E-state index in [1.807, 2.05) is 53.1 Å². The zero-order valence-electron chi connectivity index (χ0n) is 16.6. The molecule has 6 nitrogen and oxygen atoms in total. The van der Waals surface area contributed by atoms with Crippen LogP contribution < -0.4 is 14.8 Å². The fourth-order valence-corrected chi connectivity index (χ4v) is 3.43. The maximum Gasteiger partial charge on any atom is 0.230 e. The van der Waals surface area contributed by atoms with Crippen molar-refractivity contribution in [3.63, 3.8) is 0 Å². The van der Waals surface area contributed by atoms with Crippen LogP contribution in [0.15, 0.2) is 66.9 Å². The summed E-state index contributed by atoms with van der Waals surface area (Å²) in [5.74, 6) is 0.995. The van der Waals surface area contributed by atoms with Crippen LogP contribution in [-0.4, -0.2) is 29.5 Å². The number of aromatic nitrogens is 2. The van der Waals surface area contributed by atoms with Gasteiger partial charge in [-0.05, 0) is 36.4 Å². The number of nitrogens with one attached hydrogen (secondary N) is 1. The van der Waals surface area contributed by atoms with E-state index in [2.05, 4.69) is 5.32 Å². The molecule has 0 saturated heterocycles. The smallest absolute Gasteiger partial charge is 0.230 e. The van der Waals surface area contributed by atoms with Crippen LogP contribution in [0.1, 0.15) is 5.69 Å². The van der Waals surface area contributed by atoms with Crippen LogP contribution in [0.4, 0.5) is 5.69 Å². The molecular formula is C23H20ClN3O3. The number of hydrogen-bond donors (Lipinski definition) is 1. The van der Waals surface area contributed by atoms with Gasteiger partial charge in [-0.25, -0.2) is 4.98 Å². The molecule has 7 heteroatoms. The van der Waals surface area contributed by atoms with Gasteiger partial charge >= 0.3 is 0 Å². The lowest BCUT2D eigenvalue weighted by Crippen LogP contribution is -2.16. The lowest BCUT2D eigenvalue weighted by molar-refractivity contribution is -0.115. The van der Waals surface area contributed by atoms with Gasteiger partial charge in [0.15, 0.2) is 0 Å². The number of rotatable bonds is 6. The Morgan fingerprint density at radius 3 is 2.60 bits per heavy atom. The minimum Gasteiger partial charge on any atom is -0.497 e. The van der Waals surface area contributed by atoms with Crippen LogP contribution in [0.5, 0.6) is 11.5 Å². The monoisotopic (exact) mass is 421 g/mol. The van der Waals surface area contributed by atoms with Gasteiger partial charge in [-0.3, -0.25) is 4.79 Å². The van der Waals surface area contributed by atoms with Crippen molar-refractivity contribution in [2.45, 2.75) is 6.42 Å². The number of carbonyl (C=O) groups is 1. The molecule has 0 aliphatic rings. The Kier molecular flexibility index (Phi) is 5.59. The summed E-state index contributed by atoms with van der Waals surface area (Å²) in [5.41, 5.74) is 3.78. The van der Waals surface area contributed by atoms with Crippen LogP contribution in [0.2, 0.25) is 5.02 Å². The molecule has 2 aromatic carbocycles. The van der Waals surface area contributed by atoms with Crippen LogP contribution in [0.3, 0.4) is 0 Å². The van der Waals surface area contributed by atoms with Crippen molar-refractivity contribution in [1.29, 1.82) is 0 Å². The summed E-state index contributed by atoms with van der Waals surface area (Å²) in [5, 5.41) is 3.57. The molecule has 0 atom stereocenters. The van der Waals surface area contributed by atoms with Gasteiger partial charge in [0.1, 0.15) is 17.1 Å². The van der Waals surface area contributed by atoms with E-state index < -0.39 is 0 Å². The molecule has 1 N–H and O–H groups in total. The largest absolute Gasteiger partial charge is 0.497 e. The highest BCUT2D eigenvalue weighted by atomic mass is 35.5. The first-order valence-corrected chi connectivity index (χ1v) is 9.70. The van der Waals surface area contributed by atoms with Crippen molar-refractivity contribution in [2.75, 3.05) is 19.5 Å². The van der Waals surface area contributed by atoms with E-state index >= 15 is 0 Å². The van der Waals surface area contributed by atoms with E-state index in [9.17, 15) is 4.79 Å². The molecular weight excluding hydrogens is 402 g/mol. The van der Waals surface area contributed by atoms with Gasteiger partial charge in [0.2, 0.25) is 5.91 Å². The highest BCUT2D eigenvalue weighted by Gasteiger charge is 2.18. The van der Waals surface area contributed by atoms with Gasteiger partial charge in [0.25, 0.3) is 0 Å². The van der Waals surface area contributed by atoms with E-state index in [0.717, 1.165) is 22.6 Å². The van der Waals surface area contributed by atoms with Crippen molar-refractivity contribution in [1.82, 2.24) is 9.38 Å². The second kappa shape index (κ2) is 8.47. The van der Waals surface area contributed by atoms with E-state index in [1.54, 1.807) is 32.4 Å². The predicted molar refractivity (Wildman–Crippen MR) is 118 cm³/mol. The predicted octanol–water partition coefficient (Wildman–Crippen LogP) is 4.85. The molecule has 1 amide bonds. The molecule has 0 unspecified atom stereocenters. The normalized spacial score (nSPS) is 10.8. The Morgan fingerprint density at radius 1 is 1.07 bits per heavy atom. The van der Waals surface area contributed by atoms with Gasteiger partial charge in [-0.1, -0.05) is 29.8 Å². The summed E-state index contributed by atoms with van der Waals surface area (Å²) < 4.78 is 12.5. The quantitative estimate of drug-likeness (QED) is 0.483. The number of anilines is 1. The molecule has 2 aromatic heterocycles. The Morgan fingerprint density at radius 2 is 1.87 bits per heavy atom. The van der Waals surface area contributed by atoms with Crippen LogP contribution in [0.25, 0.3) is 16.9 Å². The number of imidazole rings is 1. The lowest BCUT2D eigenvalue weighted by Gasteiger charge is -2.12. The number of methoxy groups -OCH3 is 2. The molecule has 4 rings (SSSR count). The Balaban J connectivity index is 1.67. The van der Waals surface area contributed by atoms with Crippen molar-refractivity contribution in [3.05, 3.63) is 77.6 Å². The highest BCUT2D eigenvalue weighted by Crippen LogP contribution is 2.30. The molecule has 2 heterocycles. The van der Waals surface area contributed by atoms with Gasteiger partial charge in [0, 0.05) is 22.8 Å². The minimum atomic E-state index is -0.181. The minimum absolute atomic E-state index is 0.137. The maximum absolute atomic E-state index is 12.9. The number of amides is 1. The third kappa shape index (κ3) is 3.95. The number of benzene rings is 2. The van der Waals surface area contributed by atoms with Crippen molar-refractivity contribution < 1.29 is 14.3 Å². The van der Waals surface area contributed by atoms with E-state index in [0.29, 0.717) is 22.2 Å². The molecule has 0 bridgehead atoms. The van der Waals surface area contributed by atoms with Crippen LogP contribution >= 0.6 is 11.6 Å². The number of fused-ring (bicyclic) bond motifs is 1. The zero-order valence-corrected chi connectivity index (χ0v) is 17.3. The summed E-state index contributed by atoms with van der Waals surface area (Å²) in [7, 11) is 3.13. The average Bonchev–Trinajstić information content (AvgIpc) is 3.13. The summed E-state index contributed by atoms with van der Waals surface area (Å²) in [6.45, 7) is 0. The SMILES string of the molecule is COc1ccc(NC(=O)Cc2c(-c3ccc(Cl)cc3)nc3ccccn23)c(OC)c1. The van der Waals surface area contributed by atoms with Crippen molar-refractivity contribution in [3.8, 4) is 22.8 Å². The summed E-state index contributed by atoms with van der Waals surface area (Å²) in [4.78, 5) is 17.7. The van der Waals surface area contributed by atoms with Crippen molar-refractivity contribution >= 4 is 28.8 Å². The van der Waals surface area contributed by atoms with E-state index in [4.69, 9.17) is 26.1 Å². The van der Waals surface area contributed by atoms with Crippen LogP contribution in [0, 0.1) is 0 Å². The average molecular weight is 422 g/mol. The second-order valence-electron chi connectivity index (χ2n) is 6.63. The van der Waals surface area contributed by atoms with Gasteiger partial charge < -0.3 is 19.2 Å². The third-order valence-corrected chi connectivity index (χ3v) is 5.01. The van der Waals surface area contributed by atoms with E-state index in [1.165, 1.54) is 0 Å². The molecule has 0 radical (unpaired) electrons. The maximum atomic E-state index is 12.9. The van der Waals surface area contributed by atoms with Gasteiger partial charge in [-0.2, -0.15) is 0 Å². The molecule has 0 aliphatic heterocycles. The van der Waals surface area contributed by atoms with Crippen molar-refractivity contribution in [2.24, 2.45) is 0 Å². The Labute approximate surface area is 179 Å². The topological polar surface area (TPSA) is 64.9 Å². The van der Waals surface area contributed by atoms with Crippen LogP contribution in [-0.2, 0) is 11.2 Å². The molecule has 0 fully saturated rings. The molecule has 30 heavy (non-hydrogen) atoms. The highest BCUT2D eigenvalue weighted by molar-refractivity contribution is 6.30. The number of carbonyl (C=O) groups excluding carboxylic acids is 1. The molecule has 152 valence electrons. The Hall–Kier alpha value is -3.51. The molecule has 0 saturated carbocycles. The number of ether oxygens (including phenoxy) is 2. The lowest BCUT2D eigenvalue weighted by atomic mass is 10.1. The van der Waals surface area contributed by atoms with E-state index in [-0.39, 0.29) is 12.3 Å². The van der Waals surface area contributed by atoms with Gasteiger partial charge in [-0.15, -0.1) is 0 Å². The number of hydrogen-bond acceptors (Lipinski definition) is 4. The number of nitrogens with zero attached hydrogens (tertiary/aromatic N) is 2. The Bertz CT molecular complexity index is 1200. The fraction of sp³-hybridized carbons (Fsp3) is 0.130. The zero-order chi connectivity index (χ0) is 21.1. The fourth-order valence-electron chi connectivity index (χ4n) is 3.30. The first-order valence-electron chi connectivity index (χ1n) is 9.33. The number of pyridine rings is 1. The first-order chi connectivity index (χ1) is 14.6. The first kappa shape index (κ1) is 19.8. The summed E-state index contributed by atoms with van der Waals surface area (Å²) >= 11 is 6.03. The number of halogens is 1. The summed E-state index contributed by atoms with van der Waals surface area (Å²) in [6, 6.07) is 18.4. The molecule has 0 spiro atoms. The molecule has 0 aliphatic carbocycles. The van der Waals surface area contributed by atoms with Gasteiger partial charge in [0.05, 0.1) is 37.7 Å².